The maximum atomic E-state index is 4.31. The van der Waals surface area contributed by atoms with Gasteiger partial charge in [0.15, 0.2) is 0 Å². The number of nitrogens with zero attached hydrogens (tertiary/aromatic N) is 2. The van der Waals surface area contributed by atoms with Gasteiger partial charge in [0.1, 0.15) is 0 Å². The summed E-state index contributed by atoms with van der Waals surface area (Å²) in [5.74, 6) is 0.949. The van der Waals surface area contributed by atoms with E-state index in [4.69, 9.17) is 0 Å². The van der Waals surface area contributed by atoms with Crippen molar-refractivity contribution in [2.24, 2.45) is 5.92 Å². The minimum atomic E-state index is 0.799. The summed E-state index contributed by atoms with van der Waals surface area (Å²) >= 11 is 0. The third kappa shape index (κ3) is 3.47. The second kappa shape index (κ2) is 5.91. The van der Waals surface area contributed by atoms with E-state index in [1.165, 1.54) is 49.9 Å². The molecule has 0 radical (unpaired) electrons. The molecule has 0 saturated heterocycles. The Hall–Kier alpha value is -1.09. The SMILES string of the molecule is CCCNCc1cnccc1N(CC1CC1)C1CC1. The zero-order valence-electron chi connectivity index (χ0n) is 11.9. The summed E-state index contributed by atoms with van der Waals surface area (Å²) < 4.78 is 0. The van der Waals surface area contributed by atoms with Gasteiger partial charge in [0.25, 0.3) is 0 Å². The molecule has 2 fully saturated rings. The summed E-state index contributed by atoms with van der Waals surface area (Å²) in [6.07, 6.45) is 10.8. The molecule has 19 heavy (non-hydrogen) atoms. The van der Waals surface area contributed by atoms with E-state index in [-0.39, 0.29) is 0 Å². The average molecular weight is 259 g/mol. The van der Waals surface area contributed by atoms with Crippen molar-refractivity contribution in [1.29, 1.82) is 0 Å². The molecule has 0 atom stereocenters. The molecule has 0 amide bonds. The highest BCUT2D eigenvalue weighted by Gasteiger charge is 2.34. The highest BCUT2D eigenvalue weighted by atomic mass is 15.2. The van der Waals surface area contributed by atoms with E-state index >= 15 is 0 Å². The Kier molecular flexibility index (Phi) is 4.02. The maximum absolute atomic E-state index is 4.31. The van der Waals surface area contributed by atoms with E-state index < -0.39 is 0 Å². The average Bonchev–Trinajstić information content (AvgIpc) is 3.29. The minimum Gasteiger partial charge on any atom is -0.368 e. The molecule has 104 valence electrons. The fraction of sp³-hybridized carbons (Fsp3) is 0.688. The van der Waals surface area contributed by atoms with Gasteiger partial charge in [-0.2, -0.15) is 0 Å². The molecule has 1 aromatic rings. The molecular weight excluding hydrogens is 234 g/mol. The molecule has 0 unspecified atom stereocenters. The number of pyridine rings is 1. The summed E-state index contributed by atoms with van der Waals surface area (Å²) in [5.41, 5.74) is 2.79. The van der Waals surface area contributed by atoms with Crippen LogP contribution in [0, 0.1) is 5.92 Å². The van der Waals surface area contributed by atoms with Crippen LogP contribution in [0.3, 0.4) is 0 Å². The smallest absolute Gasteiger partial charge is 0.0445 e. The Labute approximate surface area is 116 Å². The molecule has 2 aliphatic rings. The van der Waals surface area contributed by atoms with Crippen LogP contribution in [0.2, 0.25) is 0 Å². The summed E-state index contributed by atoms with van der Waals surface area (Å²) in [6.45, 7) is 5.50. The number of anilines is 1. The molecule has 0 aliphatic heterocycles. The van der Waals surface area contributed by atoms with Crippen molar-refractivity contribution in [3.05, 3.63) is 24.0 Å². The third-order valence-corrected chi connectivity index (χ3v) is 4.07. The van der Waals surface area contributed by atoms with Gasteiger partial charge in [0, 0.05) is 42.8 Å². The van der Waals surface area contributed by atoms with Gasteiger partial charge in [-0.05, 0) is 50.6 Å². The Morgan fingerprint density at radius 1 is 1.32 bits per heavy atom. The number of hydrogen-bond acceptors (Lipinski definition) is 3. The van der Waals surface area contributed by atoms with Gasteiger partial charge in [-0.3, -0.25) is 4.98 Å². The summed E-state index contributed by atoms with van der Waals surface area (Å²) in [5, 5.41) is 3.51. The normalized spacial score (nSPS) is 18.6. The van der Waals surface area contributed by atoms with E-state index in [9.17, 15) is 0 Å². The first-order valence-electron chi connectivity index (χ1n) is 7.78. The number of hydrogen-bond donors (Lipinski definition) is 1. The lowest BCUT2D eigenvalue weighted by atomic mass is 10.2. The molecule has 2 aliphatic carbocycles. The topological polar surface area (TPSA) is 28.2 Å². The predicted octanol–water partition coefficient (Wildman–Crippen LogP) is 2.96. The standard InChI is InChI=1S/C16H25N3/c1-2-8-17-10-14-11-18-9-7-16(14)19(15-5-6-15)12-13-3-4-13/h7,9,11,13,15,17H,2-6,8,10,12H2,1H3. The Bertz CT molecular complexity index is 410. The Morgan fingerprint density at radius 3 is 2.84 bits per heavy atom. The van der Waals surface area contributed by atoms with Gasteiger partial charge in [0.05, 0.1) is 0 Å². The van der Waals surface area contributed by atoms with Gasteiger partial charge >= 0.3 is 0 Å². The number of nitrogens with one attached hydrogen (secondary N) is 1. The van der Waals surface area contributed by atoms with Crippen molar-refractivity contribution >= 4 is 5.69 Å². The first-order valence-corrected chi connectivity index (χ1v) is 7.78. The first-order chi connectivity index (χ1) is 9.38. The van der Waals surface area contributed by atoms with Gasteiger partial charge < -0.3 is 10.2 Å². The predicted molar refractivity (Wildman–Crippen MR) is 79.3 cm³/mol. The van der Waals surface area contributed by atoms with E-state index in [1.54, 1.807) is 0 Å². The van der Waals surface area contributed by atoms with Crippen LogP contribution in [0.5, 0.6) is 0 Å². The molecule has 3 nitrogen and oxygen atoms in total. The van der Waals surface area contributed by atoms with Crippen molar-refractivity contribution in [2.45, 2.75) is 51.6 Å². The molecule has 1 heterocycles. The van der Waals surface area contributed by atoms with E-state index in [2.05, 4.69) is 28.2 Å². The molecule has 1 N–H and O–H groups in total. The largest absolute Gasteiger partial charge is 0.368 e. The summed E-state index contributed by atoms with van der Waals surface area (Å²) in [7, 11) is 0. The van der Waals surface area contributed by atoms with Gasteiger partial charge in [0.2, 0.25) is 0 Å². The molecule has 3 rings (SSSR count). The van der Waals surface area contributed by atoms with Crippen LogP contribution in [0.4, 0.5) is 5.69 Å². The number of rotatable bonds is 8. The fourth-order valence-corrected chi connectivity index (χ4v) is 2.64. The van der Waals surface area contributed by atoms with Crippen LogP contribution in [-0.4, -0.2) is 24.1 Å². The van der Waals surface area contributed by atoms with Crippen molar-refractivity contribution < 1.29 is 0 Å². The second-order valence-corrected chi connectivity index (χ2v) is 6.01. The monoisotopic (exact) mass is 259 g/mol. The Morgan fingerprint density at radius 2 is 2.16 bits per heavy atom. The van der Waals surface area contributed by atoms with Crippen molar-refractivity contribution in [3.8, 4) is 0 Å². The lowest BCUT2D eigenvalue weighted by Crippen LogP contribution is -2.30. The lowest BCUT2D eigenvalue weighted by molar-refractivity contribution is 0.663. The van der Waals surface area contributed by atoms with E-state index in [0.717, 1.165) is 25.0 Å². The maximum Gasteiger partial charge on any atom is 0.0445 e. The van der Waals surface area contributed by atoms with Crippen LogP contribution in [0.1, 0.15) is 44.6 Å². The highest BCUT2D eigenvalue weighted by Crippen LogP contribution is 2.38. The van der Waals surface area contributed by atoms with E-state index in [0.29, 0.717) is 0 Å². The molecule has 0 aromatic carbocycles. The van der Waals surface area contributed by atoms with Crippen LogP contribution >= 0.6 is 0 Å². The lowest BCUT2D eigenvalue weighted by Gasteiger charge is -2.27. The second-order valence-electron chi connectivity index (χ2n) is 6.01. The van der Waals surface area contributed by atoms with Crippen LogP contribution < -0.4 is 10.2 Å². The van der Waals surface area contributed by atoms with Crippen molar-refractivity contribution in [2.75, 3.05) is 18.0 Å². The zero-order chi connectivity index (χ0) is 13.1. The van der Waals surface area contributed by atoms with Gasteiger partial charge in [-0.15, -0.1) is 0 Å². The van der Waals surface area contributed by atoms with Gasteiger partial charge in [-0.1, -0.05) is 6.92 Å². The zero-order valence-corrected chi connectivity index (χ0v) is 11.9. The van der Waals surface area contributed by atoms with Crippen LogP contribution in [0.15, 0.2) is 18.5 Å². The van der Waals surface area contributed by atoms with Crippen molar-refractivity contribution in [3.63, 3.8) is 0 Å². The van der Waals surface area contributed by atoms with Crippen LogP contribution in [0.25, 0.3) is 0 Å². The Balaban J connectivity index is 1.72. The first kappa shape index (κ1) is 12.9. The molecular formula is C16H25N3. The number of aromatic nitrogens is 1. The molecule has 3 heteroatoms. The van der Waals surface area contributed by atoms with Crippen molar-refractivity contribution in [1.82, 2.24) is 10.3 Å². The molecule has 1 aromatic heterocycles. The van der Waals surface area contributed by atoms with E-state index in [1.807, 2.05) is 12.4 Å². The third-order valence-electron chi connectivity index (χ3n) is 4.07. The van der Waals surface area contributed by atoms with Gasteiger partial charge in [-0.25, -0.2) is 0 Å². The summed E-state index contributed by atoms with van der Waals surface area (Å²) in [6, 6.07) is 3.01. The fourth-order valence-electron chi connectivity index (χ4n) is 2.64. The van der Waals surface area contributed by atoms with Crippen LogP contribution in [-0.2, 0) is 6.54 Å². The molecule has 0 spiro atoms. The summed E-state index contributed by atoms with van der Waals surface area (Å²) in [4.78, 5) is 6.97. The minimum absolute atomic E-state index is 0.799. The molecule has 0 bridgehead atoms. The molecule has 2 saturated carbocycles. The quantitative estimate of drug-likeness (QED) is 0.728. The highest BCUT2D eigenvalue weighted by molar-refractivity contribution is 5.54.